The summed E-state index contributed by atoms with van der Waals surface area (Å²) in [5, 5.41) is 2.86. The van der Waals surface area contributed by atoms with Crippen molar-refractivity contribution in [2.24, 2.45) is 0 Å². The number of rotatable bonds is 7. The Morgan fingerprint density at radius 1 is 1.33 bits per heavy atom. The normalized spacial score (nSPS) is 9.83. The van der Waals surface area contributed by atoms with E-state index in [0.29, 0.717) is 6.42 Å². The number of hydrogen-bond acceptors (Lipinski definition) is 1. The molecule has 12 heavy (non-hydrogen) atoms. The molecule has 0 rings (SSSR count). The van der Waals surface area contributed by atoms with Crippen LogP contribution in [0, 0.1) is 0 Å². The summed E-state index contributed by atoms with van der Waals surface area (Å²) in [6.45, 7) is 2.81. The average Bonchev–Trinajstić information content (AvgIpc) is 2.05. The van der Waals surface area contributed by atoms with Gasteiger partial charge in [0.2, 0.25) is 5.91 Å². The van der Waals surface area contributed by atoms with Gasteiger partial charge in [0.15, 0.2) is 0 Å². The lowest BCUT2D eigenvalue weighted by molar-refractivity contribution is -0.121. The van der Waals surface area contributed by atoms with Gasteiger partial charge in [-0.15, -0.1) is 11.6 Å². The van der Waals surface area contributed by atoms with Gasteiger partial charge in [0, 0.05) is 18.8 Å². The lowest BCUT2D eigenvalue weighted by Crippen LogP contribution is -2.23. The predicted octanol–water partition coefficient (Wildman–Crippen LogP) is 2.31. The summed E-state index contributed by atoms with van der Waals surface area (Å²) in [5.74, 6) is 0.895. The molecule has 0 heterocycles. The van der Waals surface area contributed by atoms with Gasteiger partial charge in [0.05, 0.1) is 0 Å². The van der Waals surface area contributed by atoms with E-state index in [1.54, 1.807) is 0 Å². The molecular formula is C9H18ClNO. The van der Waals surface area contributed by atoms with Crippen LogP contribution in [0.1, 0.15) is 39.0 Å². The molecule has 0 aromatic heterocycles. The molecule has 0 unspecified atom stereocenters. The number of hydrogen-bond donors (Lipinski definition) is 1. The number of nitrogens with one attached hydrogen (secondary N) is 1. The molecule has 0 aliphatic rings. The van der Waals surface area contributed by atoms with Crippen LogP contribution in [0.25, 0.3) is 0 Å². The lowest BCUT2D eigenvalue weighted by Gasteiger charge is -2.02. The largest absolute Gasteiger partial charge is 0.356 e. The fraction of sp³-hybridized carbons (Fsp3) is 0.889. The summed E-state index contributed by atoms with van der Waals surface area (Å²) < 4.78 is 0. The van der Waals surface area contributed by atoms with Crippen molar-refractivity contribution in [3.8, 4) is 0 Å². The molecular weight excluding hydrogens is 174 g/mol. The average molecular weight is 192 g/mol. The number of alkyl halides is 1. The summed E-state index contributed by atoms with van der Waals surface area (Å²) in [6, 6.07) is 0. The number of amides is 1. The molecule has 0 atom stereocenters. The fourth-order valence-corrected chi connectivity index (χ4v) is 1.13. The van der Waals surface area contributed by atoms with Gasteiger partial charge in [-0.25, -0.2) is 0 Å². The molecule has 3 heteroatoms. The Kier molecular flexibility index (Phi) is 8.68. The standard InChI is InChI=1S/C9H18ClNO/c1-2-6-9(12)11-8-5-3-4-7-10/h2-8H2,1H3,(H,11,12). The van der Waals surface area contributed by atoms with Gasteiger partial charge in [0.25, 0.3) is 0 Å². The highest BCUT2D eigenvalue weighted by atomic mass is 35.5. The van der Waals surface area contributed by atoms with Crippen LogP contribution in [-0.2, 0) is 4.79 Å². The molecule has 0 bridgehead atoms. The van der Waals surface area contributed by atoms with Gasteiger partial charge in [-0.3, -0.25) is 4.79 Å². The summed E-state index contributed by atoms with van der Waals surface area (Å²) >= 11 is 5.51. The van der Waals surface area contributed by atoms with Crippen molar-refractivity contribution in [2.45, 2.75) is 39.0 Å². The highest BCUT2D eigenvalue weighted by molar-refractivity contribution is 6.17. The minimum atomic E-state index is 0.170. The Morgan fingerprint density at radius 3 is 2.67 bits per heavy atom. The monoisotopic (exact) mass is 191 g/mol. The van der Waals surface area contributed by atoms with Crippen molar-refractivity contribution in [3.63, 3.8) is 0 Å². The molecule has 0 aromatic carbocycles. The first kappa shape index (κ1) is 11.8. The van der Waals surface area contributed by atoms with E-state index in [0.717, 1.165) is 38.1 Å². The van der Waals surface area contributed by atoms with Crippen molar-refractivity contribution >= 4 is 17.5 Å². The highest BCUT2D eigenvalue weighted by Gasteiger charge is 1.96. The maximum absolute atomic E-state index is 10.9. The quantitative estimate of drug-likeness (QED) is 0.486. The molecule has 0 aromatic rings. The number of halogens is 1. The van der Waals surface area contributed by atoms with Crippen LogP contribution in [0.2, 0.25) is 0 Å². The smallest absolute Gasteiger partial charge is 0.219 e. The fourth-order valence-electron chi connectivity index (χ4n) is 0.940. The number of unbranched alkanes of at least 4 members (excludes halogenated alkanes) is 2. The molecule has 0 aliphatic carbocycles. The van der Waals surface area contributed by atoms with Crippen LogP contribution in [0.4, 0.5) is 0 Å². The molecule has 1 N–H and O–H groups in total. The summed E-state index contributed by atoms with van der Waals surface area (Å²) in [5.41, 5.74) is 0. The zero-order valence-corrected chi connectivity index (χ0v) is 8.49. The minimum absolute atomic E-state index is 0.170. The Labute approximate surface area is 79.7 Å². The Hall–Kier alpha value is -0.240. The zero-order chi connectivity index (χ0) is 9.23. The maximum atomic E-state index is 10.9. The van der Waals surface area contributed by atoms with Crippen LogP contribution < -0.4 is 5.32 Å². The predicted molar refractivity (Wildman–Crippen MR) is 52.5 cm³/mol. The third-order valence-corrected chi connectivity index (χ3v) is 1.88. The van der Waals surface area contributed by atoms with Crippen molar-refractivity contribution in [1.82, 2.24) is 5.32 Å². The topological polar surface area (TPSA) is 29.1 Å². The van der Waals surface area contributed by atoms with E-state index in [4.69, 9.17) is 11.6 Å². The van der Waals surface area contributed by atoms with E-state index in [-0.39, 0.29) is 5.91 Å². The SMILES string of the molecule is CCCC(=O)NCCCCCCl. The van der Waals surface area contributed by atoms with Crippen molar-refractivity contribution in [2.75, 3.05) is 12.4 Å². The second kappa shape index (κ2) is 8.85. The molecule has 0 aliphatic heterocycles. The molecule has 0 saturated carbocycles. The van der Waals surface area contributed by atoms with E-state index in [2.05, 4.69) is 5.32 Å². The Morgan fingerprint density at radius 2 is 2.08 bits per heavy atom. The first-order valence-electron chi connectivity index (χ1n) is 4.64. The van der Waals surface area contributed by atoms with E-state index in [1.165, 1.54) is 0 Å². The van der Waals surface area contributed by atoms with Crippen molar-refractivity contribution < 1.29 is 4.79 Å². The second-order valence-electron chi connectivity index (χ2n) is 2.85. The molecule has 0 spiro atoms. The number of carbonyl (C=O) groups excluding carboxylic acids is 1. The molecule has 1 amide bonds. The van der Waals surface area contributed by atoms with Crippen molar-refractivity contribution in [3.05, 3.63) is 0 Å². The van der Waals surface area contributed by atoms with E-state index >= 15 is 0 Å². The van der Waals surface area contributed by atoms with Gasteiger partial charge in [-0.05, 0) is 19.3 Å². The third kappa shape index (κ3) is 7.86. The third-order valence-electron chi connectivity index (χ3n) is 1.61. The summed E-state index contributed by atoms with van der Waals surface area (Å²) in [7, 11) is 0. The molecule has 0 saturated heterocycles. The molecule has 0 radical (unpaired) electrons. The van der Waals surface area contributed by atoms with Crippen LogP contribution in [0.3, 0.4) is 0 Å². The number of carbonyl (C=O) groups is 1. The molecule has 2 nitrogen and oxygen atoms in total. The van der Waals surface area contributed by atoms with E-state index in [9.17, 15) is 4.79 Å². The van der Waals surface area contributed by atoms with Crippen LogP contribution in [0.5, 0.6) is 0 Å². The van der Waals surface area contributed by atoms with E-state index in [1.807, 2.05) is 6.92 Å². The van der Waals surface area contributed by atoms with E-state index < -0.39 is 0 Å². The summed E-state index contributed by atoms with van der Waals surface area (Å²) in [4.78, 5) is 10.9. The van der Waals surface area contributed by atoms with Gasteiger partial charge in [0.1, 0.15) is 0 Å². The van der Waals surface area contributed by atoms with Gasteiger partial charge in [-0.2, -0.15) is 0 Å². The van der Waals surface area contributed by atoms with Crippen LogP contribution >= 0.6 is 11.6 Å². The van der Waals surface area contributed by atoms with Crippen molar-refractivity contribution in [1.29, 1.82) is 0 Å². The molecule has 72 valence electrons. The maximum Gasteiger partial charge on any atom is 0.219 e. The van der Waals surface area contributed by atoms with Gasteiger partial charge < -0.3 is 5.32 Å². The van der Waals surface area contributed by atoms with Crippen LogP contribution in [0.15, 0.2) is 0 Å². The van der Waals surface area contributed by atoms with Gasteiger partial charge in [-0.1, -0.05) is 13.3 Å². The van der Waals surface area contributed by atoms with Gasteiger partial charge >= 0.3 is 0 Å². The summed E-state index contributed by atoms with van der Waals surface area (Å²) in [6.07, 6.45) is 4.77. The first-order valence-corrected chi connectivity index (χ1v) is 5.17. The Balaban J connectivity index is 3.03. The highest BCUT2D eigenvalue weighted by Crippen LogP contribution is 1.95. The zero-order valence-electron chi connectivity index (χ0n) is 7.74. The lowest BCUT2D eigenvalue weighted by atomic mass is 10.2. The minimum Gasteiger partial charge on any atom is -0.356 e. The Bertz CT molecular complexity index is 117. The first-order chi connectivity index (χ1) is 5.81. The van der Waals surface area contributed by atoms with Crippen LogP contribution in [-0.4, -0.2) is 18.3 Å². The molecule has 0 fully saturated rings. The second-order valence-corrected chi connectivity index (χ2v) is 3.23.